The van der Waals surface area contributed by atoms with Gasteiger partial charge in [-0.2, -0.15) is 0 Å². The number of anilines is 1. The average molecular weight is 560 g/mol. The Bertz CT molecular complexity index is 1160. The minimum Gasteiger partial charge on any atom is -0.508 e. The molecule has 2 aromatic carbocycles. The van der Waals surface area contributed by atoms with E-state index in [0.717, 1.165) is 12.0 Å². The SMILES string of the molecule is Cc1cc(C(C(=O)Nc2c(C)cccc2Cl)N(C(=O)CNC(=O)OC(C)(C)C)C(C)CCC(C)C)ccc1O. The number of hydrogen-bond acceptors (Lipinski definition) is 5. The largest absolute Gasteiger partial charge is 0.508 e. The first-order valence-electron chi connectivity index (χ1n) is 13.2. The maximum absolute atomic E-state index is 14.0. The predicted octanol–water partition coefficient (Wildman–Crippen LogP) is 6.52. The molecule has 9 heteroatoms. The van der Waals surface area contributed by atoms with Gasteiger partial charge < -0.3 is 25.4 Å². The van der Waals surface area contributed by atoms with Gasteiger partial charge in [0.25, 0.3) is 5.91 Å². The first-order chi connectivity index (χ1) is 18.1. The number of nitrogens with one attached hydrogen (secondary N) is 2. The summed E-state index contributed by atoms with van der Waals surface area (Å²) in [6, 6.07) is 8.72. The fraction of sp³-hybridized carbons (Fsp3) is 0.500. The van der Waals surface area contributed by atoms with Gasteiger partial charge in [-0.05, 0) is 95.2 Å². The zero-order valence-electron chi connectivity index (χ0n) is 24.2. The molecule has 0 bridgehead atoms. The number of alkyl carbamates (subject to hydrolysis) is 1. The average Bonchev–Trinajstić information content (AvgIpc) is 2.82. The molecule has 0 spiro atoms. The van der Waals surface area contributed by atoms with Crippen molar-refractivity contribution in [3.05, 3.63) is 58.1 Å². The highest BCUT2D eigenvalue weighted by molar-refractivity contribution is 6.34. The van der Waals surface area contributed by atoms with Gasteiger partial charge in [0.2, 0.25) is 5.91 Å². The summed E-state index contributed by atoms with van der Waals surface area (Å²) in [7, 11) is 0. The second-order valence-corrected chi connectivity index (χ2v) is 11.8. The predicted molar refractivity (Wildman–Crippen MR) is 155 cm³/mol. The summed E-state index contributed by atoms with van der Waals surface area (Å²) in [4.78, 5) is 41.6. The molecule has 39 heavy (non-hydrogen) atoms. The van der Waals surface area contributed by atoms with Gasteiger partial charge in [-0.15, -0.1) is 0 Å². The summed E-state index contributed by atoms with van der Waals surface area (Å²) < 4.78 is 5.29. The smallest absolute Gasteiger partial charge is 0.408 e. The Hall–Kier alpha value is -3.26. The number of carbonyl (C=O) groups excluding carboxylic acids is 3. The highest BCUT2D eigenvalue weighted by atomic mass is 35.5. The first kappa shape index (κ1) is 32.0. The van der Waals surface area contributed by atoms with Crippen molar-refractivity contribution in [2.75, 3.05) is 11.9 Å². The number of phenolic OH excluding ortho intramolecular Hbond substituents is 1. The summed E-state index contributed by atoms with van der Waals surface area (Å²) in [5.74, 6) is -0.437. The van der Waals surface area contributed by atoms with Crippen LogP contribution < -0.4 is 10.6 Å². The third kappa shape index (κ3) is 9.46. The maximum atomic E-state index is 14.0. The lowest BCUT2D eigenvalue weighted by Gasteiger charge is -2.37. The van der Waals surface area contributed by atoms with Crippen LogP contribution >= 0.6 is 11.6 Å². The molecule has 0 radical (unpaired) electrons. The molecular weight excluding hydrogens is 518 g/mol. The van der Waals surface area contributed by atoms with Crippen LogP contribution in [0.3, 0.4) is 0 Å². The standard InChI is InChI=1S/C30H42ClN3O5/c1-18(2)12-13-21(5)34(25(36)17-32-29(38)39-30(6,7)8)27(22-14-15-24(35)20(4)16-22)28(37)33-26-19(3)10-9-11-23(26)31/h9-11,14-16,18,21,27,35H,12-13,17H2,1-8H3,(H,32,38)(H,33,37). The number of amides is 3. The fourth-order valence-electron chi connectivity index (χ4n) is 4.18. The van der Waals surface area contributed by atoms with Crippen LogP contribution in [0.5, 0.6) is 5.75 Å². The molecule has 3 N–H and O–H groups in total. The number of hydrogen-bond donors (Lipinski definition) is 3. The summed E-state index contributed by atoms with van der Waals surface area (Å²) in [5, 5.41) is 16.0. The van der Waals surface area contributed by atoms with Crippen molar-refractivity contribution < 1.29 is 24.2 Å². The Balaban J connectivity index is 2.54. The van der Waals surface area contributed by atoms with Crippen LogP contribution in [-0.2, 0) is 14.3 Å². The molecule has 0 aliphatic carbocycles. The van der Waals surface area contributed by atoms with Crippen molar-refractivity contribution in [2.45, 2.75) is 85.9 Å². The van der Waals surface area contributed by atoms with E-state index in [1.807, 2.05) is 19.9 Å². The van der Waals surface area contributed by atoms with Gasteiger partial charge in [0.15, 0.2) is 0 Å². The molecule has 2 aromatic rings. The van der Waals surface area contributed by atoms with E-state index in [4.69, 9.17) is 16.3 Å². The summed E-state index contributed by atoms with van der Waals surface area (Å²) >= 11 is 6.41. The number of nitrogens with zero attached hydrogens (tertiary/aromatic N) is 1. The molecule has 2 rings (SSSR count). The molecule has 0 saturated heterocycles. The number of ether oxygens (including phenoxy) is 1. The van der Waals surface area contributed by atoms with Crippen LogP contribution in [0.25, 0.3) is 0 Å². The van der Waals surface area contributed by atoms with Gasteiger partial charge in [0.1, 0.15) is 23.9 Å². The zero-order valence-corrected chi connectivity index (χ0v) is 25.0. The monoisotopic (exact) mass is 559 g/mol. The lowest BCUT2D eigenvalue weighted by atomic mass is 9.96. The number of aromatic hydroxyl groups is 1. The van der Waals surface area contributed by atoms with Crippen molar-refractivity contribution in [3.63, 3.8) is 0 Å². The molecule has 214 valence electrons. The Morgan fingerprint density at radius 1 is 1.03 bits per heavy atom. The molecule has 0 heterocycles. The second kappa shape index (κ2) is 13.7. The van der Waals surface area contributed by atoms with E-state index in [2.05, 4.69) is 24.5 Å². The van der Waals surface area contributed by atoms with Gasteiger partial charge >= 0.3 is 6.09 Å². The fourth-order valence-corrected chi connectivity index (χ4v) is 4.45. The minimum absolute atomic E-state index is 0.0807. The highest BCUT2D eigenvalue weighted by Crippen LogP contribution is 2.32. The number of para-hydroxylation sites is 1. The van der Waals surface area contributed by atoms with E-state index in [-0.39, 0.29) is 18.3 Å². The van der Waals surface area contributed by atoms with Crippen LogP contribution in [0.4, 0.5) is 10.5 Å². The minimum atomic E-state index is -1.06. The van der Waals surface area contributed by atoms with E-state index in [1.54, 1.807) is 52.0 Å². The molecule has 0 aromatic heterocycles. The molecular formula is C30H42ClN3O5. The van der Waals surface area contributed by atoms with Gasteiger partial charge in [-0.25, -0.2) is 4.79 Å². The number of rotatable bonds is 10. The van der Waals surface area contributed by atoms with Crippen molar-refractivity contribution in [2.24, 2.45) is 5.92 Å². The summed E-state index contributed by atoms with van der Waals surface area (Å²) in [6.07, 6.45) is 0.748. The Morgan fingerprint density at radius 2 is 1.69 bits per heavy atom. The number of halogens is 1. The van der Waals surface area contributed by atoms with Crippen molar-refractivity contribution >= 4 is 35.2 Å². The van der Waals surface area contributed by atoms with E-state index < -0.39 is 29.6 Å². The van der Waals surface area contributed by atoms with Crippen LogP contribution in [0.15, 0.2) is 36.4 Å². The van der Waals surface area contributed by atoms with Gasteiger partial charge in [-0.1, -0.05) is 43.6 Å². The maximum Gasteiger partial charge on any atom is 0.408 e. The van der Waals surface area contributed by atoms with Crippen LogP contribution in [0, 0.1) is 19.8 Å². The van der Waals surface area contributed by atoms with Crippen molar-refractivity contribution in [1.82, 2.24) is 10.2 Å². The van der Waals surface area contributed by atoms with E-state index in [1.165, 1.54) is 11.0 Å². The Kier molecular flexibility index (Phi) is 11.2. The molecule has 0 saturated carbocycles. The Morgan fingerprint density at radius 3 is 2.26 bits per heavy atom. The van der Waals surface area contributed by atoms with E-state index in [9.17, 15) is 19.5 Å². The molecule has 3 amide bonds. The third-order valence-electron chi connectivity index (χ3n) is 6.24. The lowest BCUT2D eigenvalue weighted by molar-refractivity contribution is -0.140. The van der Waals surface area contributed by atoms with Crippen molar-refractivity contribution in [1.29, 1.82) is 0 Å². The second-order valence-electron chi connectivity index (χ2n) is 11.3. The zero-order chi connectivity index (χ0) is 29.5. The number of carbonyl (C=O) groups is 3. The molecule has 8 nitrogen and oxygen atoms in total. The first-order valence-corrected chi connectivity index (χ1v) is 13.6. The topological polar surface area (TPSA) is 108 Å². The molecule has 0 aliphatic heterocycles. The van der Waals surface area contributed by atoms with E-state index in [0.29, 0.717) is 34.2 Å². The van der Waals surface area contributed by atoms with E-state index >= 15 is 0 Å². The quantitative estimate of drug-likeness (QED) is 0.307. The van der Waals surface area contributed by atoms with Gasteiger partial charge in [0, 0.05) is 6.04 Å². The van der Waals surface area contributed by atoms with Gasteiger partial charge in [0.05, 0.1) is 10.7 Å². The molecule has 2 unspecified atom stereocenters. The number of aryl methyl sites for hydroxylation is 2. The van der Waals surface area contributed by atoms with Crippen LogP contribution in [-0.4, -0.2) is 46.1 Å². The Labute approximate surface area is 237 Å². The lowest BCUT2D eigenvalue weighted by Crippen LogP contribution is -2.50. The highest BCUT2D eigenvalue weighted by Gasteiger charge is 2.35. The van der Waals surface area contributed by atoms with Crippen molar-refractivity contribution in [3.8, 4) is 5.75 Å². The van der Waals surface area contributed by atoms with Crippen LogP contribution in [0.1, 0.15) is 77.1 Å². The summed E-state index contributed by atoms with van der Waals surface area (Å²) in [5.41, 5.74) is 1.59. The number of benzene rings is 2. The van der Waals surface area contributed by atoms with Crippen LogP contribution in [0.2, 0.25) is 5.02 Å². The molecule has 2 atom stereocenters. The van der Waals surface area contributed by atoms with Gasteiger partial charge in [-0.3, -0.25) is 9.59 Å². The number of phenols is 1. The normalized spacial score (nSPS) is 13.0. The third-order valence-corrected chi connectivity index (χ3v) is 6.56. The molecule has 0 aliphatic rings. The summed E-state index contributed by atoms with van der Waals surface area (Å²) in [6.45, 7) is 14.5. The molecule has 0 fully saturated rings.